The van der Waals surface area contributed by atoms with E-state index in [9.17, 15) is 27.8 Å². The zero-order chi connectivity index (χ0) is 16.4. The summed E-state index contributed by atoms with van der Waals surface area (Å²) in [5.74, 6) is -5.07. The number of ether oxygens (including phenoxy) is 1. The number of aromatic nitrogens is 2. The first-order valence-corrected chi connectivity index (χ1v) is 6.62. The maximum atomic E-state index is 13.5. The second-order valence-electron chi connectivity index (χ2n) is 5.32. The first-order valence-electron chi connectivity index (χ1n) is 6.21. The smallest absolute Gasteiger partial charge is 0.393 e. The van der Waals surface area contributed by atoms with Gasteiger partial charge >= 0.3 is 6.18 Å². The Bertz CT molecular complexity index is 682. The van der Waals surface area contributed by atoms with E-state index in [-0.39, 0.29) is 4.77 Å². The molecule has 3 rings (SSSR count). The van der Waals surface area contributed by atoms with E-state index >= 15 is 0 Å². The van der Waals surface area contributed by atoms with Crippen LogP contribution in [0.1, 0.15) is 6.23 Å². The van der Waals surface area contributed by atoms with E-state index in [0.717, 1.165) is 0 Å². The molecular formula is C11H11F4N3O3S. The molecule has 0 aromatic carbocycles. The number of rotatable bonds is 2. The molecule has 0 spiro atoms. The van der Waals surface area contributed by atoms with E-state index in [1.165, 1.54) is 0 Å². The summed E-state index contributed by atoms with van der Waals surface area (Å²) in [6.45, 7) is -0.792. The second kappa shape index (κ2) is 4.60. The SMILES string of the molecule is Nc1nc(=S)n([C@@H]2OC3(CO)C(C2C(F)(F)F)[C@H]3O)cc1F. The highest BCUT2D eigenvalue weighted by molar-refractivity contribution is 7.71. The highest BCUT2D eigenvalue weighted by atomic mass is 32.1. The fourth-order valence-electron chi connectivity index (χ4n) is 3.02. The van der Waals surface area contributed by atoms with E-state index in [4.69, 9.17) is 22.7 Å². The van der Waals surface area contributed by atoms with Crippen molar-refractivity contribution in [1.29, 1.82) is 0 Å². The monoisotopic (exact) mass is 341 g/mol. The van der Waals surface area contributed by atoms with Crippen molar-refractivity contribution in [2.45, 2.75) is 24.1 Å². The highest BCUT2D eigenvalue weighted by Gasteiger charge is 2.80. The number of nitrogens with two attached hydrogens (primary N) is 1. The van der Waals surface area contributed by atoms with Gasteiger partial charge in [-0.3, -0.25) is 4.57 Å². The largest absolute Gasteiger partial charge is 0.396 e. The third kappa shape index (κ3) is 1.96. The van der Waals surface area contributed by atoms with Crippen molar-refractivity contribution in [3.63, 3.8) is 0 Å². The Morgan fingerprint density at radius 3 is 2.68 bits per heavy atom. The fraction of sp³-hybridized carbons (Fsp3) is 0.636. The molecule has 2 heterocycles. The first-order chi connectivity index (χ1) is 10.1. The number of aliphatic hydroxyl groups is 2. The third-order valence-corrected chi connectivity index (χ3v) is 4.47. The molecule has 0 amide bonds. The zero-order valence-electron chi connectivity index (χ0n) is 10.8. The van der Waals surface area contributed by atoms with Gasteiger partial charge in [-0.05, 0) is 12.2 Å². The minimum atomic E-state index is -4.74. The molecular weight excluding hydrogens is 330 g/mol. The lowest BCUT2D eigenvalue weighted by molar-refractivity contribution is -0.220. The normalized spacial score (nSPS) is 37.2. The molecule has 122 valence electrons. The molecule has 0 radical (unpaired) electrons. The van der Waals surface area contributed by atoms with E-state index in [1.54, 1.807) is 0 Å². The van der Waals surface area contributed by atoms with Gasteiger partial charge in [0.2, 0.25) is 4.77 Å². The maximum absolute atomic E-state index is 13.5. The average molecular weight is 341 g/mol. The van der Waals surface area contributed by atoms with Gasteiger partial charge in [-0.2, -0.15) is 18.2 Å². The van der Waals surface area contributed by atoms with Gasteiger partial charge in [0.25, 0.3) is 0 Å². The van der Waals surface area contributed by atoms with Crippen molar-refractivity contribution in [3.05, 3.63) is 16.8 Å². The van der Waals surface area contributed by atoms with Gasteiger partial charge in [0.15, 0.2) is 11.6 Å². The summed E-state index contributed by atoms with van der Waals surface area (Å²) in [5.41, 5.74) is 3.50. The summed E-state index contributed by atoms with van der Waals surface area (Å²) >= 11 is 4.80. The molecule has 0 bridgehead atoms. The van der Waals surface area contributed by atoms with Crippen LogP contribution in [0.2, 0.25) is 0 Å². The Hall–Kier alpha value is -1.30. The van der Waals surface area contributed by atoms with Gasteiger partial charge in [0.1, 0.15) is 17.7 Å². The van der Waals surface area contributed by atoms with Crippen LogP contribution in [0.5, 0.6) is 0 Å². The molecule has 22 heavy (non-hydrogen) atoms. The Balaban J connectivity index is 2.07. The van der Waals surface area contributed by atoms with Crippen LogP contribution >= 0.6 is 12.2 Å². The number of nitrogen functional groups attached to an aromatic ring is 1. The summed E-state index contributed by atoms with van der Waals surface area (Å²) in [7, 11) is 0. The molecule has 1 aromatic heterocycles. The lowest BCUT2D eigenvalue weighted by Gasteiger charge is -2.27. The average Bonchev–Trinajstić information content (AvgIpc) is 2.82. The molecule has 1 aliphatic carbocycles. The number of anilines is 1. The van der Waals surface area contributed by atoms with Crippen LogP contribution in [0.3, 0.4) is 0 Å². The van der Waals surface area contributed by atoms with Crippen LogP contribution in [0.4, 0.5) is 23.4 Å². The highest BCUT2D eigenvalue weighted by Crippen LogP contribution is 2.65. The van der Waals surface area contributed by atoms with Gasteiger partial charge in [-0.25, -0.2) is 4.39 Å². The molecule has 4 N–H and O–H groups in total. The van der Waals surface area contributed by atoms with Crippen molar-refractivity contribution >= 4 is 18.0 Å². The fourth-order valence-corrected chi connectivity index (χ4v) is 3.28. The predicted octanol–water partition coefficient (Wildman–Crippen LogP) is 0.763. The maximum Gasteiger partial charge on any atom is 0.396 e. The van der Waals surface area contributed by atoms with E-state index in [2.05, 4.69) is 4.98 Å². The molecule has 2 aliphatic rings. The summed E-state index contributed by atoms with van der Waals surface area (Å²) in [5, 5.41) is 18.9. The number of aliphatic hydroxyl groups excluding tert-OH is 2. The molecule has 5 atom stereocenters. The Morgan fingerprint density at radius 1 is 1.50 bits per heavy atom. The zero-order valence-corrected chi connectivity index (χ0v) is 11.6. The van der Waals surface area contributed by atoms with Gasteiger partial charge in [-0.1, -0.05) is 0 Å². The minimum Gasteiger partial charge on any atom is -0.393 e. The Morgan fingerprint density at radius 2 is 2.14 bits per heavy atom. The molecule has 11 heteroatoms. The Labute approximate surface area is 126 Å². The summed E-state index contributed by atoms with van der Waals surface area (Å²) in [6.07, 6.45) is -7.23. The van der Waals surface area contributed by atoms with E-state index in [0.29, 0.717) is 10.8 Å². The molecule has 1 aromatic rings. The van der Waals surface area contributed by atoms with Crippen LogP contribution in [0, 0.1) is 22.4 Å². The number of halogens is 4. The Kier molecular flexibility index (Phi) is 3.26. The van der Waals surface area contributed by atoms with Crippen molar-refractivity contribution in [2.24, 2.45) is 11.8 Å². The summed E-state index contributed by atoms with van der Waals surface area (Å²) < 4.78 is 59.0. The number of hydrogen-bond acceptors (Lipinski definition) is 6. The number of hydrogen-bond donors (Lipinski definition) is 3. The number of nitrogens with zero attached hydrogens (tertiary/aromatic N) is 2. The van der Waals surface area contributed by atoms with Gasteiger partial charge in [0.05, 0.1) is 12.7 Å². The topological polar surface area (TPSA) is 93.5 Å². The molecule has 1 saturated carbocycles. The second-order valence-corrected chi connectivity index (χ2v) is 5.69. The van der Waals surface area contributed by atoms with Crippen molar-refractivity contribution < 1.29 is 32.5 Å². The molecule has 1 saturated heterocycles. The van der Waals surface area contributed by atoms with Crippen molar-refractivity contribution in [3.8, 4) is 0 Å². The van der Waals surface area contributed by atoms with Crippen LogP contribution in [-0.2, 0) is 4.74 Å². The van der Waals surface area contributed by atoms with Crippen molar-refractivity contribution in [1.82, 2.24) is 9.55 Å². The molecule has 6 nitrogen and oxygen atoms in total. The van der Waals surface area contributed by atoms with Gasteiger partial charge in [-0.15, -0.1) is 0 Å². The van der Waals surface area contributed by atoms with E-state index in [1.807, 2.05) is 0 Å². The van der Waals surface area contributed by atoms with Gasteiger partial charge in [0, 0.05) is 12.1 Å². The summed E-state index contributed by atoms with van der Waals surface area (Å²) in [6, 6.07) is 0. The van der Waals surface area contributed by atoms with Crippen LogP contribution in [0.15, 0.2) is 6.20 Å². The lowest BCUT2D eigenvalue weighted by atomic mass is 10.0. The molecule has 1 aliphatic heterocycles. The first kappa shape index (κ1) is 15.6. The molecule has 3 unspecified atom stereocenters. The van der Waals surface area contributed by atoms with E-state index < -0.39 is 54.2 Å². The van der Waals surface area contributed by atoms with Gasteiger partial charge < -0.3 is 20.7 Å². The predicted molar refractivity (Wildman–Crippen MR) is 66.4 cm³/mol. The lowest BCUT2D eigenvalue weighted by Crippen LogP contribution is -2.35. The standard InChI is InChI=1S/C11H11F4N3O3S/c12-3-1-18(9(22)17-7(3)16)8-5(11(13,14)15)4-6(20)10(4,2-19)21-8/h1,4-6,8,19-20H,2H2,(H2,16,17,22)/t4?,5?,6-,8-,10?/m1/s1. The third-order valence-electron chi connectivity index (χ3n) is 4.16. The number of fused-ring (bicyclic) bond motifs is 1. The number of alkyl halides is 3. The summed E-state index contributed by atoms with van der Waals surface area (Å²) in [4.78, 5) is 3.45. The van der Waals surface area contributed by atoms with Crippen LogP contribution < -0.4 is 5.73 Å². The van der Waals surface area contributed by atoms with Crippen LogP contribution in [0.25, 0.3) is 0 Å². The van der Waals surface area contributed by atoms with Crippen molar-refractivity contribution in [2.75, 3.05) is 12.3 Å². The minimum absolute atomic E-state index is 0.387. The quantitative estimate of drug-likeness (QED) is 0.543. The van der Waals surface area contributed by atoms with Crippen LogP contribution in [-0.4, -0.2) is 44.3 Å². The molecule has 2 fully saturated rings.